The highest BCUT2D eigenvalue weighted by Gasteiger charge is 2.13. The van der Waals surface area contributed by atoms with Crippen molar-refractivity contribution in [3.63, 3.8) is 0 Å². The number of rotatable bonds is 6. The molecule has 0 fully saturated rings. The zero-order valence-corrected chi connectivity index (χ0v) is 15.1. The van der Waals surface area contributed by atoms with Gasteiger partial charge in [0.25, 0.3) is 5.91 Å². The van der Waals surface area contributed by atoms with Gasteiger partial charge in [0, 0.05) is 17.8 Å². The van der Waals surface area contributed by atoms with E-state index in [0.717, 1.165) is 5.69 Å². The minimum Gasteiger partial charge on any atom is -0.457 e. The fourth-order valence-electron chi connectivity index (χ4n) is 2.62. The molecule has 3 N–H and O–H groups in total. The van der Waals surface area contributed by atoms with E-state index in [0.29, 0.717) is 35.0 Å². The van der Waals surface area contributed by atoms with Crippen LogP contribution in [0.4, 0.5) is 5.69 Å². The lowest BCUT2D eigenvalue weighted by Crippen LogP contribution is -2.17. The number of nitrogens with zero attached hydrogens (tertiary/aromatic N) is 2. The molecule has 0 aliphatic carbocycles. The van der Waals surface area contributed by atoms with Crippen molar-refractivity contribution in [1.29, 1.82) is 0 Å². The number of ether oxygens (including phenoxy) is 1. The Morgan fingerprint density at radius 1 is 1.11 bits per heavy atom. The molecule has 0 bridgehead atoms. The first kappa shape index (κ1) is 18.2. The predicted molar refractivity (Wildman–Crippen MR) is 102 cm³/mol. The van der Waals surface area contributed by atoms with Crippen LogP contribution >= 0.6 is 0 Å². The molecule has 0 spiro atoms. The van der Waals surface area contributed by atoms with Crippen molar-refractivity contribution in [2.24, 2.45) is 5.73 Å². The first-order valence-corrected chi connectivity index (χ1v) is 8.50. The third kappa shape index (κ3) is 4.33. The SMILES string of the molecule is CCn1nc(C)cc1C(=O)Nc1ccc(Oc2cccc(C(N)=O)c2)cc1. The lowest BCUT2D eigenvalue weighted by molar-refractivity contribution is 0.0996. The van der Waals surface area contributed by atoms with Gasteiger partial charge in [0.05, 0.1) is 5.69 Å². The van der Waals surface area contributed by atoms with Crippen LogP contribution in [0.5, 0.6) is 11.5 Å². The molecule has 2 aromatic carbocycles. The van der Waals surface area contributed by atoms with E-state index >= 15 is 0 Å². The van der Waals surface area contributed by atoms with Gasteiger partial charge < -0.3 is 15.8 Å². The largest absolute Gasteiger partial charge is 0.457 e. The van der Waals surface area contributed by atoms with Gasteiger partial charge in [-0.3, -0.25) is 14.3 Å². The number of amides is 2. The number of aromatic nitrogens is 2. The first-order chi connectivity index (χ1) is 13.0. The van der Waals surface area contributed by atoms with Gasteiger partial charge in [-0.1, -0.05) is 6.07 Å². The zero-order chi connectivity index (χ0) is 19.4. The number of nitrogens with two attached hydrogens (primary N) is 1. The van der Waals surface area contributed by atoms with Crippen molar-refractivity contribution in [3.05, 3.63) is 71.5 Å². The summed E-state index contributed by atoms with van der Waals surface area (Å²) in [6.07, 6.45) is 0. The van der Waals surface area contributed by atoms with Gasteiger partial charge in [0.1, 0.15) is 17.2 Å². The van der Waals surface area contributed by atoms with Crippen LogP contribution in [0.15, 0.2) is 54.6 Å². The van der Waals surface area contributed by atoms with Crippen LogP contribution < -0.4 is 15.8 Å². The van der Waals surface area contributed by atoms with Crippen LogP contribution in [0.25, 0.3) is 0 Å². The monoisotopic (exact) mass is 364 g/mol. The molecule has 0 saturated carbocycles. The molecule has 138 valence electrons. The Balaban J connectivity index is 1.69. The summed E-state index contributed by atoms with van der Waals surface area (Å²) < 4.78 is 7.38. The molecule has 0 atom stereocenters. The molecule has 3 aromatic rings. The molecule has 0 aliphatic heterocycles. The van der Waals surface area contributed by atoms with Crippen LogP contribution in [0.1, 0.15) is 33.5 Å². The van der Waals surface area contributed by atoms with Crippen molar-refractivity contribution in [2.45, 2.75) is 20.4 Å². The summed E-state index contributed by atoms with van der Waals surface area (Å²) in [6.45, 7) is 4.40. The predicted octanol–water partition coefficient (Wildman–Crippen LogP) is 3.35. The Morgan fingerprint density at radius 2 is 1.85 bits per heavy atom. The van der Waals surface area contributed by atoms with Gasteiger partial charge in [-0.05, 0) is 62.4 Å². The number of aryl methyl sites for hydroxylation is 2. The Labute approximate surface area is 156 Å². The summed E-state index contributed by atoms with van der Waals surface area (Å²) in [6, 6.07) is 15.3. The molecule has 0 saturated heterocycles. The lowest BCUT2D eigenvalue weighted by Gasteiger charge is -2.09. The van der Waals surface area contributed by atoms with Gasteiger partial charge in [0.2, 0.25) is 5.91 Å². The molecule has 0 aliphatic rings. The van der Waals surface area contributed by atoms with Crippen molar-refractivity contribution in [3.8, 4) is 11.5 Å². The van der Waals surface area contributed by atoms with Gasteiger partial charge >= 0.3 is 0 Å². The average molecular weight is 364 g/mol. The lowest BCUT2D eigenvalue weighted by atomic mass is 10.2. The van der Waals surface area contributed by atoms with E-state index in [9.17, 15) is 9.59 Å². The molecular formula is C20H20N4O3. The Kier molecular flexibility index (Phi) is 5.21. The molecule has 0 radical (unpaired) electrons. The van der Waals surface area contributed by atoms with Gasteiger partial charge in [-0.25, -0.2) is 0 Å². The minimum atomic E-state index is -0.514. The second-order valence-corrected chi connectivity index (χ2v) is 5.96. The topological polar surface area (TPSA) is 99.2 Å². The van der Waals surface area contributed by atoms with Gasteiger partial charge in [0.15, 0.2) is 0 Å². The number of carbonyl (C=O) groups excluding carboxylic acids is 2. The second-order valence-electron chi connectivity index (χ2n) is 5.96. The van der Waals surface area contributed by atoms with Crippen molar-refractivity contribution < 1.29 is 14.3 Å². The number of anilines is 1. The summed E-state index contributed by atoms with van der Waals surface area (Å²) in [4.78, 5) is 23.7. The summed E-state index contributed by atoms with van der Waals surface area (Å²) in [5.41, 5.74) is 7.59. The zero-order valence-electron chi connectivity index (χ0n) is 15.1. The van der Waals surface area contributed by atoms with Crippen LogP contribution in [0.2, 0.25) is 0 Å². The fraction of sp³-hybridized carbons (Fsp3) is 0.150. The van der Waals surface area contributed by atoms with Gasteiger partial charge in [-0.15, -0.1) is 0 Å². The molecule has 2 amide bonds. The minimum absolute atomic E-state index is 0.222. The molecule has 27 heavy (non-hydrogen) atoms. The summed E-state index contributed by atoms with van der Waals surface area (Å²) in [5.74, 6) is 0.342. The summed E-state index contributed by atoms with van der Waals surface area (Å²) in [5, 5.41) is 7.12. The normalized spacial score (nSPS) is 10.4. The number of primary amides is 1. The molecule has 1 aromatic heterocycles. The number of hydrogen-bond acceptors (Lipinski definition) is 4. The van der Waals surface area contributed by atoms with E-state index in [1.54, 1.807) is 59.3 Å². The number of hydrogen-bond donors (Lipinski definition) is 2. The standard InChI is InChI=1S/C20H20N4O3/c1-3-24-18(11-13(2)23-24)20(26)22-15-7-9-16(10-8-15)27-17-6-4-5-14(12-17)19(21)25/h4-12H,3H2,1-2H3,(H2,21,25)(H,22,26). The summed E-state index contributed by atoms with van der Waals surface area (Å²) in [7, 11) is 0. The fourth-order valence-corrected chi connectivity index (χ4v) is 2.62. The van der Waals surface area contributed by atoms with Gasteiger partial charge in [-0.2, -0.15) is 5.10 Å². The highest BCUT2D eigenvalue weighted by atomic mass is 16.5. The van der Waals surface area contributed by atoms with Crippen LogP contribution in [-0.2, 0) is 6.54 Å². The maximum absolute atomic E-state index is 12.4. The number of carbonyl (C=O) groups is 2. The smallest absolute Gasteiger partial charge is 0.273 e. The Morgan fingerprint density at radius 3 is 2.52 bits per heavy atom. The summed E-state index contributed by atoms with van der Waals surface area (Å²) >= 11 is 0. The molecule has 0 unspecified atom stereocenters. The van der Waals surface area contributed by atoms with E-state index in [1.807, 2.05) is 13.8 Å². The molecule has 1 heterocycles. The third-order valence-corrected chi connectivity index (χ3v) is 3.90. The van der Waals surface area contributed by atoms with E-state index < -0.39 is 5.91 Å². The van der Waals surface area contributed by atoms with E-state index in [-0.39, 0.29) is 5.91 Å². The van der Waals surface area contributed by atoms with Crippen LogP contribution in [0, 0.1) is 6.92 Å². The Bertz CT molecular complexity index is 977. The van der Waals surface area contributed by atoms with E-state index in [2.05, 4.69) is 10.4 Å². The van der Waals surface area contributed by atoms with Crippen LogP contribution in [0.3, 0.4) is 0 Å². The first-order valence-electron chi connectivity index (χ1n) is 8.50. The second kappa shape index (κ2) is 7.74. The van der Waals surface area contributed by atoms with Crippen molar-refractivity contribution in [1.82, 2.24) is 9.78 Å². The highest BCUT2D eigenvalue weighted by Crippen LogP contribution is 2.24. The molecule has 7 heteroatoms. The maximum atomic E-state index is 12.4. The van der Waals surface area contributed by atoms with Crippen LogP contribution in [-0.4, -0.2) is 21.6 Å². The Hall–Kier alpha value is -3.61. The highest BCUT2D eigenvalue weighted by molar-refractivity contribution is 6.03. The van der Waals surface area contributed by atoms with Crippen molar-refractivity contribution >= 4 is 17.5 Å². The van der Waals surface area contributed by atoms with E-state index in [4.69, 9.17) is 10.5 Å². The van der Waals surface area contributed by atoms with Crippen molar-refractivity contribution in [2.75, 3.05) is 5.32 Å². The van der Waals surface area contributed by atoms with E-state index in [1.165, 1.54) is 0 Å². The molecule has 3 rings (SSSR count). The molecular weight excluding hydrogens is 344 g/mol. The maximum Gasteiger partial charge on any atom is 0.273 e. The molecule has 7 nitrogen and oxygen atoms in total. The quantitative estimate of drug-likeness (QED) is 0.700. The third-order valence-electron chi connectivity index (χ3n) is 3.90. The average Bonchev–Trinajstić information content (AvgIpc) is 3.04. The number of benzene rings is 2. The number of nitrogens with one attached hydrogen (secondary N) is 1.